The molecule has 0 spiro atoms. The average Bonchev–Trinajstić information content (AvgIpc) is 2.03. The molecule has 1 aliphatic rings. The van der Waals surface area contributed by atoms with E-state index in [1.54, 1.807) is 0 Å². The van der Waals surface area contributed by atoms with Crippen LogP contribution in [0.15, 0.2) is 11.6 Å². The van der Waals surface area contributed by atoms with E-state index in [1.165, 1.54) is 5.57 Å². The number of primary amides is 1. The van der Waals surface area contributed by atoms with Crippen molar-refractivity contribution < 1.29 is 9.90 Å². The van der Waals surface area contributed by atoms with E-state index in [9.17, 15) is 4.79 Å². The van der Waals surface area contributed by atoms with E-state index >= 15 is 0 Å². The summed E-state index contributed by atoms with van der Waals surface area (Å²) >= 11 is 0. The van der Waals surface area contributed by atoms with Crippen molar-refractivity contribution in [1.82, 2.24) is 0 Å². The molecule has 0 aromatic rings. The lowest BCUT2D eigenvalue weighted by molar-refractivity contribution is -0.118. The number of amides is 1. The maximum atomic E-state index is 10.5. The molecule has 12 heavy (non-hydrogen) atoms. The summed E-state index contributed by atoms with van der Waals surface area (Å²) < 4.78 is 0. The van der Waals surface area contributed by atoms with Crippen LogP contribution in [0.25, 0.3) is 0 Å². The molecule has 1 atom stereocenters. The van der Waals surface area contributed by atoms with Crippen LogP contribution in [0.3, 0.4) is 0 Å². The smallest absolute Gasteiger partial charge is 0.217 e. The van der Waals surface area contributed by atoms with Crippen molar-refractivity contribution >= 4 is 5.91 Å². The number of carbonyl (C=O) groups excluding carboxylic acids is 1. The fourth-order valence-corrected chi connectivity index (χ4v) is 1.39. The van der Waals surface area contributed by atoms with Gasteiger partial charge in [-0.2, -0.15) is 0 Å². The molecule has 0 saturated heterocycles. The zero-order valence-electron chi connectivity index (χ0n) is 7.12. The third kappa shape index (κ3) is 3.05. The number of aliphatic hydroxyl groups is 1. The minimum atomic E-state index is -0.248. The van der Waals surface area contributed by atoms with E-state index in [4.69, 9.17) is 10.8 Å². The van der Waals surface area contributed by atoms with Gasteiger partial charge in [-0.05, 0) is 25.7 Å². The number of hydrogen-bond donors (Lipinski definition) is 2. The van der Waals surface area contributed by atoms with Crippen molar-refractivity contribution in [2.75, 3.05) is 0 Å². The summed E-state index contributed by atoms with van der Waals surface area (Å²) in [7, 11) is 0. The molecule has 3 nitrogen and oxygen atoms in total. The van der Waals surface area contributed by atoms with Crippen molar-refractivity contribution in [2.45, 2.75) is 38.2 Å². The third-order valence-electron chi connectivity index (χ3n) is 2.17. The number of nitrogens with two attached hydrogens (primary N) is 1. The molecule has 0 aromatic heterocycles. The van der Waals surface area contributed by atoms with E-state index in [0.717, 1.165) is 25.7 Å². The molecule has 0 heterocycles. The van der Waals surface area contributed by atoms with Crippen molar-refractivity contribution in [3.05, 3.63) is 11.6 Å². The highest BCUT2D eigenvalue weighted by Crippen LogP contribution is 2.21. The standard InChI is InChI=1S/C9H15NO2/c10-9(12)6-3-7-1-4-8(11)5-2-7/h1,8,11H,2-6H2,(H2,10,12)/t8-/m0/s1. The minimum Gasteiger partial charge on any atom is -0.393 e. The second kappa shape index (κ2) is 4.26. The Balaban J connectivity index is 2.29. The highest BCUT2D eigenvalue weighted by Gasteiger charge is 2.11. The summed E-state index contributed by atoms with van der Waals surface area (Å²) in [5, 5.41) is 9.17. The van der Waals surface area contributed by atoms with Gasteiger partial charge in [-0.1, -0.05) is 11.6 Å². The quantitative estimate of drug-likeness (QED) is 0.611. The lowest BCUT2D eigenvalue weighted by Gasteiger charge is -2.16. The fraction of sp³-hybridized carbons (Fsp3) is 0.667. The summed E-state index contributed by atoms with van der Waals surface area (Å²) in [5.74, 6) is -0.248. The van der Waals surface area contributed by atoms with Crippen molar-refractivity contribution in [3.8, 4) is 0 Å². The average molecular weight is 169 g/mol. The molecule has 68 valence electrons. The van der Waals surface area contributed by atoms with Gasteiger partial charge in [0.2, 0.25) is 5.91 Å². The normalized spacial score (nSPS) is 23.4. The van der Waals surface area contributed by atoms with E-state index in [0.29, 0.717) is 6.42 Å². The second-order valence-corrected chi connectivity index (χ2v) is 3.26. The van der Waals surface area contributed by atoms with Crippen molar-refractivity contribution in [1.29, 1.82) is 0 Å². The Labute approximate surface area is 72.3 Å². The van der Waals surface area contributed by atoms with Crippen LogP contribution < -0.4 is 5.73 Å². The highest BCUT2D eigenvalue weighted by atomic mass is 16.3. The van der Waals surface area contributed by atoms with E-state index in [1.807, 2.05) is 6.08 Å². The first-order valence-electron chi connectivity index (χ1n) is 4.33. The summed E-state index contributed by atoms with van der Waals surface area (Å²) in [6, 6.07) is 0. The summed E-state index contributed by atoms with van der Waals surface area (Å²) in [4.78, 5) is 10.5. The fourth-order valence-electron chi connectivity index (χ4n) is 1.39. The second-order valence-electron chi connectivity index (χ2n) is 3.26. The third-order valence-corrected chi connectivity index (χ3v) is 2.17. The van der Waals surface area contributed by atoms with E-state index < -0.39 is 0 Å². The van der Waals surface area contributed by atoms with Crippen LogP contribution in [-0.4, -0.2) is 17.1 Å². The Morgan fingerprint density at radius 2 is 2.50 bits per heavy atom. The van der Waals surface area contributed by atoms with Crippen LogP contribution in [0.4, 0.5) is 0 Å². The molecule has 0 bridgehead atoms. The largest absolute Gasteiger partial charge is 0.393 e. The number of hydrogen-bond acceptors (Lipinski definition) is 2. The van der Waals surface area contributed by atoms with Gasteiger partial charge in [0.1, 0.15) is 0 Å². The Bertz CT molecular complexity index is 199. The first-order valence-corrected chi connectivity index (χ1v) is 4.33. The molecule has 1 rings (SSSR count). The van der Waals surface area contributed by atoms with Crippen LogP contribution in [0.2, 0.25) is 0 Å². The monoisotopic (exact) mass is 169 g/mol. The van der Waals surface area contributed by atoms with Crippen LogP contribution in [0.1, 0.15) is 32.1 Å². The van der Waals surface area contributed by atoms with Crippen LogP contribution in [0.5, 0.6) is 0 Å². The van der Waals surface area contributed by atoms with Gasteiger partial charge in [-0.3, -0.25) is 4.79 Å². The SMILES string of the molecule is NC(=O)CCC1=CC[C@H](O)CC1. The number of rotatable bonds is 3. The molecule has 0 unspecified atom stereocenters. The predicted molar refractivity (Wildman–Crippen MR) is 46.4 cm³/mol. The van der Waals surface area contributed by atoms with Gasteiger partial charge >= 0.3 is 0 Å². The Morgan fingerprint density at radius 3 is 3.00 bits per heavy atom. The molecule has 0 radical (unpaired) electrons. The van der Waals surface area contributed by atoms with E-state index in [2.05, 4.69) is 0 Å². The first-order chi connectivity index (χ1) is 5.68. The van der Waals surface area contributed by atoms with Gasteiger partial charge in [0, 0.05) is 6.42 Å². The van der Waals surface area contributed by atoms with Gasteiger partial charge in [-0.15, -0.1) is 0 Å². The van der Waals surface area contributed by atoms with Crippen LogP contribution in [-0.2, 0) is 4.79 Å². The molecular weight excluding hydrogens is 154 g/mol. The first kappa shape index (κ1) is 9.26. The van der Waals surface area contributed by atoms with Crippen LogP contribution >= 0.6 is 0 Å². The van der Waals surface area contributed by atoms with E-state index in [-0.39, 0.29) is 12.0 Å². The summed E-state index contributed by atoms with van der Waals surface area (Å²) in [6.45, 7) is 0. The highest BCUT2D eigenvalue weighted by molar-refractivity contribution is 5.73. The lowest BCUT2D eigenvalue weighted by Crippen LogP contribution is -2.13. The van der Waals surface area contributed by atoms with Gasteiger partial charge in [0.15, 0.2) is 0 Å². The summed E-state index contributed by atoms with van der Waals surface area (Å²) in [6.07, 6.45) is 5.51. The molecular formula is C9H15NO2. The maximum absolute atomic E-state index is 10.5. The predicted octanol–water partition coefficient (Wildman–Crippen LogP) is 0.723. The number of allylic oxidation sites excluding steroid dienone is 1. The molecule has 3 N–H and O–H groups in total. The number of carbonyl (C=O) groups is 1. The van der Waals surface area contributed by atoms with Gasteiger partial charge in [0.05, 0.1) is 6.10 Å². The van der Waals surface area contributed by atoms with Gasteiger partial charge in [-0.25, -0.2) is 0 Å². The molecule has 1 aliphatic carbocycles. The maximum Gasteiger partial charge on any atom is 0.217 e. The lowest BCUT2D eigenvalue weighted by atomic mass is 9.94. The minimum absolute atomic E-state index is 0.178. The van der Waals surface area contributed by atoms with Crippen LogP contribution in [0, 0.1) is 0 Å². The summed E-state index contributed by atoms with van der Waals surface area (Å²) in [5.41, 5.74) is 6.28. The molecule has 1 amide bonds. The van der Waals surface area contributed by atoms with Crippen molar-refractivity contribution in [3.63, 3.8) is 0 Å². The topological polar surface area (TPSA) is 63.3 Å². The van der Waals surface area contributed by atoms with Gasteiger partial charge < -0.3 is 10.8 Å². The Hall–Kier alpha value is -0.830. The molecule has 0 fully saturated rings. The molecule has 3 heteroatoms. The Kier molecular flexibility index (Phi) is 3.29. The number of aliphatic hydroxyl groups excluding tert-OH is 1. The molecule has 0 saturated carbocycles. The zero-order valence-corrected chi connectivity index (χ0v) is 7.12. The van der Waals surface area contributed by atoms with Crippen molar-refractivity contribution in [2.24, 2.45) is 5.73 Å². The van der Waals surface area contributed by atoms with Gasteiger partial charge in [0.25, 0.3) is 0 Å². The Morgan fingerprint density at radius 1 is 1.75 bits per heavy atom. The molecule has 0 aromatic carbocycles. The molecule has 0 aliphatic heterocycles. The zero-order chi connectivity index (χ0) is 8.97.